The van der Waals surface area contributed by atoms with Gasteiger partial charge in [-0.1, -0.05) is 36.4 Å². The molecular weight excluding hydrogens is 164 g/mol. The third kappa shape index (κ3) is 1.62. The summed E-state index contributed by atoms with van der Waals surface area (Å²) in [6, 6.07) is 10.5. The zero-order chi connectivity index (χ0) is 8.23. The second-order valence-electron chi connectivity index (χ2n) is 2.66. The maximum Gasteiger partial charge on any atom is 0.0163 e. The number of hydrogen-bond donors (Lipinski definition) is 0. The fraction of sp³-hybridized carbons (Fsp3) is 0.0909. The van der Waals surface area contributed by atoms with Gasteiger partial charge in [-0.2, -0.15) is 0 Å². The van der Waals surface area contributed by atoms with Gasteiger partial charge >= 0.3 is 0 Å². The Bertz CT molecular complexity index is 309. The molecule has 0 bridgehead atoms. The van der Waals surface area contributed by atoms with E-state index in [2.05, 4.69) is 41.8 Å². The fourth-order valence-corrected chi connectivity index (χ4v) is 1.86. The smallest absolute Gasteiger partial charge is 0.0163 e. The molecule has 12 heavy (non-hydrogen) atoms. The predicted molar refractivity (Wildman–Crippen MR) is 56.0 cm³/mol. The molecule has 0 atom stereocenters. The topological polar surface area (TPSA) is 0 Å². The maximum atomic E-state index is 2.26. The van der Waals surface area contributed by atoms with Crippen molar-refractivity contribution in [3.63, 3.8) is 0 Å². The lowest BCUT2D eigenvalue weighted by Crippen LogP contribution is -1.84. The number of thioether (sulfide) groups is 1. The van der Waals surface area contributed by atoms with E-state index in [1.807, 2.05) is 17.8 Å². The standard InChI is InChI=1S/C11H10S/c1-2-4-10(5-3-1)11-6-8-12-9-7-11/h1-8H,9H2. The number of rotatable bonds is 1. The summed E-state index contributed by atoms with van der Waals surface area (Å²) in [7, 11) is 0. The number of hydrogen-bond acceptors (Lipinski definition) is 1. The predicted octanol–water partition coefficient (Wildman–Crippen LogP) is 3.33. The zero-order valence-electron chi connectivity index (χ0n) is 6.73. The van der Waals surface area contributed by atoms with E-state index < -0.39 is 0 Å². The van der Waals surface area contributed by atoms with Gasteiger partial charge in [-0.3, -0.25) is 0 Å². The van der Waals surface area contributed by atoms with Crippen molar-refractivity contribution >= 4 is 17.3 Å². The van der Waals surface area contributed by atoms with Crippen LogP contribution in [0.25, 0.3) is 5.57 Å². The monoisotopic (exact) mass is 174 g/mol. The van der Waals surface area contributed by atoms with Crippen molar-refractivity contribution in [2.45, 2.75) is 0 Å². The minimum absolute atomic E-state index is 1.10. The molecule has 0 nitrogen and oxygen atoms in total. The molecule has 1 heterocycles. The van der Waals surface area contributed by atoms with Gasteiger partial charge in [0.1, 0.15) is 0 Å². The molecule has 1 aromatic rings. The van der Waals surface area contributed by atoms with Crippen LogP contribution in [0, 0.1) is 0 Å². The first-order valence-corrected chi connectivity index (χ1v) is 5.05. The molecule has 1 heteroatoms. The van der Waals surface area contributed by atoms with Crippen LogP contribution < -0.4 is 0 Å². The van der Waals surface area contributed by atoms with Gasteiger partial charge in [-0.15, -0.1) is 11.8 Å². The molecule has 0 spiro atoms. The van der Waals surface area contributed by atoms with Gasteiger partial charge in [0.05, 0.1) is 0 Å². The maximum absolute atomic E-state index is 2.26. The second-order valence-corrected chi connectivity index (χ2v) is 3.60. The van der Waals surface area contributed by atoms with Crippen LogP contribution in [0.1, 0.15) is 5.56 Å². The lowest BCUT2D eigenvalue weighted by atomic mass is 10.1. The summed E-state index contributed by atoms with van der Waals surface area (Å²) in [6.07, 6.45) is 4.43. The molecule has 0 unspecified atom stereocenters. The van der Waals surface area contributed by atoms with Gasteiger partial charge in [-0.25, -0.2) is 0 Å². The first kappa shape index (κ1) is 7.69. The average molecular weight is 174 g/mol. The molecule has 1 aromatic carbocycles. The van der Waals surface area contributed by atoms with Crippen molar-refractivity contribution < 1.29 is 0 Å². The molecule has 1 aliphatic rings. The van der Waals surface area contributed by atoms with Gasteiger partial charge in [0.2, 0.25) is 0 Å². The SMILES string of the molecule is C1=CC(c2ccccc2)=CCS1. The van der Waals surface area contributed by atoms with E-state index in [-0.39, 0.29) is 0 Å². The van der Waals surface area contributed by atoms with E-state index in [1.165, 1.54) is 11.1 Å². The molecule has 0 aliphatic carbocycles. The Balaban J connectivity index is 2.31. The molecule has 0 saturated carbocycles. The van der Waals surface area contributed by atoms with Gasteiger partial charge in [0, 0.05) is 5.75 Å². The lowest BCUT2D eigenvalue weighted by Gasteiger charge is -2.05. The van der Waals surface area contributed by atoms with E-state index in [0.29, 0.717) is 0 Å². The molecule has 0 radical (unpaired) electrons. The second kappa shape index (κ2) is 3.63. The molecule has 0 fully saturated rings. The molecule has 2 rings (SSSR count). The summed E-state index contributed by atoms with van der Waals surface area (Å²) in [5.41, 5.74) is 2.66. The third-order valence-electron chi connectivity index (χ3n) is 1.85. The van der Waals surface area contributed by atoms with E-state index in [1.54, 1.807) is 0 Å². The highest BCUT2D eigenvalue weighted by Crippen LogP contribution is 2.22. The number of benzene rings is 1. The molecule has 1 aliphatic heterocycles. The summed E-state index contributed by atoms with van der Waals surface area (Å²) in [6.45, 7) is 0. The van der Waals surface area contributed by atoms with Gasteiger partial charge in [0.25, 0.3) is 0 Å². The van der Waals surface area contributed by atoms with Crippen LogP contribution in [0.4, 0.5) is 0 Å². The van der Waals surface area contributed by atoms with Crippen molar-refractivity contribution in [3.8, 4) is 0 Å². The molecule has 0 amide bonds. The molecular formula is C11H10S. The van der Waals surface area contributed by atoms with E-state index in [4.69, 9.17) is 0 Å². The Morgan fingerprint density at radius 3 is 2.58 bits per heavy atom. The van der Waals surface area contributed by atoms with Crippen molar-refractivity contribution in [1.82, 2.24) is 0 Å². The van der Waals surface area contributed by atoms with E-state index in [9.17, 15) is 0 Å². The highest BCUT2D eigenvalue weighted by molar-refractivity contribution is 8.02. The van der Waals surface area contributed by atoms with Crippen LogP contribution in [0.3, 0.4) is 0 Å². The Hall–Kier alpha value is -0.950. The van der Waals surface area contributed by atoms with E-state index >= 15 is 0 Å². The normalized spacial score (nSPS) is 15.8. The highest BCUT2D eigenvalue weighted by atomic mass is 32.2. The minimum Gasteiger partial charge on any atom is -0.130 e. The Labute approximate surface area is 77.0 Å². The van der Waals surface area contributed by atoms with Gasteiger partial charge in [0.15, 0.2) is 0 Å². The van der Waals surface area contributed by atoms with Crippen LogP contribution in [-0.4, -0.2) is 5.75 Å². The first-order valence-electron chi connectivity index (χ1n) is 4.00. The van der Waals surface area contributed by atoms with Crippen molar-refractivity contribution in [2.75, 3.05) is 5.75 Å². The molecule has 0 aromatic heterocycles. The van der Waals surface area contributed by atoms with Crippen LogP contribution in [0.5, 0.6) is 0 Å². The van der Waals surface area contributed by atoms with Crippen molar-refractivity contribution in [3.05, 3.63) is 53.5 Å². The minimum atomic E-state index is 1.10. The van der Waals surface area contributed by atoms with Gasteiger partial charge < -0.3 is 0 Å². The van der Waals surface area contributed by atoms with Crippen LogP contribution >= 0.6 is 11.8 Å². The van der Waals surface area contributed by atoms with Gasteiger partial charge in [-0.05, 0) is 22.6 Å². The van der Waals surface area contributed by atoms with Crippen LogP contribution in [0.2, 0.25) is 0 Å². The van der Waals surface area contributed by atoms with Crippen molar-refractivity contribution in [2.24, 2.45) is 0 Å². The summed E-state index contributed by atoms with van der Waals surface area (Å²) < 4.78 is 0. The van der Waals surface area contributed by atoms with Crippen LogP contribution in [0.15, 0.2) is 47.9 Å². The van der Waals surface area contributed by atoms with E-state index in [0.717, 1.165) is 5.75 Å². The molecule has 0 N–H and O–H groups in total. The third-order valence-corrected chi connectivity index (χ3v) is 2.54. The molecule has 60 valence electrons. The first-order chi connectivity index (χ1) is 5.97. The largest absolute Gasteiger partial charge is 0.130 e. The Morgan fingerprint density at radius 1 is 1.08 bits per heavy atom. The fourth-order valence-electron chi connectivity index (χ4n) is 1.23. The highest BCUT2D eigenvalue weighted by Gasteiger charge is 1.98. The Kier molecular flexibility index (Phi) is 2.33. The molecule has 0 saturated heterocycles. The number of allylic oxidation sites excluding steroid dienone is 2. The summed E-state index contributed by atoms with van der Waals surface area (Å²) >= 11 is 1.84. The van der Waals surface area contributed by atoms with Crippen LogP contribution in [-0.2, 0) is 0 Å². The average Bonchev–Trinajstić information content (AvgIpc) is 2.21. The van der Waals surface area contributed by atoms with Crippen molar-refractivity contribution in [1.29, 1.82) is 0 Å². The zero-order valence-corrected chi connectivity index (χ0v) is 7.55. The summed E-state index contributed by atoms with van der Waals surface area (Å²) in [4.78, 5) is 0. The summed E-state index contributed by atoms with van der Waals surface area (Å²) in [5.74, 6) is 1.10. The quantitative estimate of drug-likeness (QED) is 0.629. The summed E-state index contributed by atoms with van der Waals surface area (Å²) in [5, 5.41) is 2.16. The lowest BCUT2D eigenvalue weighted by molar-refractivity contribution is 1.60. The Morgan fingerprint density at radius 2 is 1.92 bits per heavy atom.